The average molecular weight is 326 g/mol. The van der Waals surface area contributed by atoms with E-state index >= 15 is 0 Å². The van der Waals surface area contributed by atoms with Crippen LogP contribution in [0.5, 0.6) is 5.75 Å². The summed E-state index contributed by atoms with van der Waals surface area (Å²) in [6, 6.07) is 6.61. The first-order valence-corrected chi connectivity index (χ1v) is 7.14. The first-order valence-electron chi connectivity index (χ1n) is 7.14. The molecule has 0 aliphatic carbocycles. The first kappa shape index (κ1) is 15.6. The molecule has 0 radical (unpaired) electrons. The van der Waals surface area contributed by atoms with Crippen LogP contribution in [0.3, 0.4) is 0 Å². The highest BCUT2D eigenvalue weighted by Crippen LogP contribution is 2.42. The van der Waals surface area contributed by atoms with Crippen molar-refractivity contribution in [2.45, 2.75) is 18.9 Å². The molecule has 0 N–H and O–H groups in total. The molecule has 0 bridgehead atoms. The van der Waals surface area contributed by atoms with E-state index in [0.717, 1.165) is 0 Å². The molecule has 0 saturated carbocycles. The second kappa shape index (κ2) is 6.06. The van der Waals surface area contributed by atoms with Gasteiger partial charge >= 0.3 is 0 Å². The van der Waals surface area contributed by atoms with Crippen LogP contribution < -0.4 is 9.64 Å². The summed E-state index contributed by atoms with van der Waals surface area (Å²) < 4.78 is 60.2. The van der Waals surface area contributed by atoms with Crippen LogP contribution in [0, 0.1) is 23.5 Å². The lowest BCUT2D eigenvalue weighted by Gasteiger charge is -2.28. The molecule has 1 aliphatic heterocycles. The van der Waals surface area contributed by atoms with Crippen LogP contribution >= 0.6 is 0 Å². The predicted molar refractivity (Wildman–Crippen MR) is 76.4 cm³/mol. The maximum absolute atomic E-state index is 14.0. The van der Waals surface area contributed by atoms with Crippen LogP contribution in [0.15, 0.2) is 24.3 Å². The van der Waals surface area contributed by atoms with Crippen LogP contribution in [0.25, 0.3) is 0 Å². The zero-order valence-corrected chi connectivity index (χ0v) is 12.3. The number of rotatable bonds is 3. The summed E-state index contributed by atoms with van der Waals surface area (Å²) in [4.78, 5) is 3.93. The molecule has 3 rings (SSSR count). The lowest BCUT2D eigenvalue weighted by atomic mass is 10.0. The van der Waals surface area contributed by atoms with E-state index in [9.17, 15) is 17.6 Å². The first-order chi connectivity index (χ1) is 11.0. The largest absolute Gasteiger partial charge is 0.496 e. The Morgan fingerprint density at radius 1 is 1.09 bits per heavy atom. The average Bonchev–Trinajstić information content (AvgIpc) is 3.02. The SMILES string of the molecule is COc1ccccc1C1CCCN1c1c(F)c(F)nc(F)c1F. The molecule has 1 aromatic heterocycles. The molecular weight excluding hydrogens is 312 g/mol. The Kier molecular flexibility index (Phi) is 4.11. The van der Waals surface area contributed by atoms with Gasteiger partial charge in [-0.15, -0.1) is 0 Å². The van der Waals surface area contributed by atoms with Crippen LogP contribution in [0.2, 0.25) is 0 Å². The third kappa shape index (κ3) is 2.60. The van der Waals surface area contributed by atoms with Gasteiger partial charge in [-0.2, -0.15) is 22.5 Å². The Bertz CT molecular complexity index is 712. The van der Waals surface area contributed by atoms with Gasteiger partial charge in [-0.05, 0) is 18.9 Å². The normalized spacial score (nSPS) is 17.6. The monoisotopic (exact) mass is 326 g/mol. The number of anilines is 1. The number of halogens is 4. The summed E-state index contributed by atoms with van der Waals surface area (Å²) in [5.74, 6) is -5.70. The lowest BCUT2D eigenvalue weighted by Crippen LogP contribution is -2.26. The number of ether oxygens (including phenoxy) is 1. The zero-order valence-electron chi connectivity index (χ0n) is 12.3. The minimum Gasteiger partial charge on any atom is -0.496 e. The van der Waals surface area contributed by atoms with Crippen LogP contribution in [0.1, 0.15) is 24.4 Å². The number of hydrogen-bond donors (Lipinski definition) is 0. The van der Waals surface area contributed by atoms with Gasteiger partial charge in [0.1, 0.15) is 11.4 Å². The van der Waals surface area contributed by atoms with E-state index in [1.54, 1.807) is 24.3 Å². The number of methoxy groups -OCH3 is 1. The van der Waals surface area contributed by atoms with Gasteiger partial charge in [-0.1, -0.05) is 18.2 Å². The van der Waals surface area contributed by atoms with E-state index in [2.05, 4.69) is 4.98 Å². The van der Waals surface area contributed by atoms with E-state index < -0.39 is 35.3 Å². The maximum Gasteiger partial charge on any atom is 0.253 e. The highest BCUT2D eigenvalue weighted by atomic mass is 19.2. The van der Waals surface area contributed by atoms with Gasteiger partial charge in [0.2, 0.25) is 11.6 Å². The quantitative estimate of drug-likeness (QED) is 0.630. The van der Waals surface area contributed by atoms with E-state index in [4.69, 9.17) is 4.74 Å². The highest BCUT2D eigenvalue weighted by Gasteiger charge is 2.34. The van der Waals surface area contributed by atoms with E-state index in [0.29, 0.717) is 24.2 Å². The molecule has 1 fully saturated rings. The molecular formula is C16H14F4N2O. The predicted octanol–water partition coefficient (Wildman–Crippen LogP) is 3.99. The highest BCUT2D eigenvalue weighted by molar-refractivity contribution is 5.53. The fourth-order valence-corrected chi connectivity index (χ4v) is 3.03. The van der Waals surface area contributed by atoms with Gasteiger partial charge in [0.15, 0.2) is 0 Å². The van der Waals surface area contributed by atoms with Gasteiger partial charge in [0.25, 0.3) is 11.9 Å². The van der Waals surface area contributed by atoms with Crippen LogP contribution in [-0.2, 0) is 0 Å². The van der Waals surface area contributed by atoms with E-state index in [1.165, 1.54) is 12.0 Å². The van der Waals surface area contributed by atoms with Crippen molar-refractivity contribution >= 4 is 5.69 Å². The Morgan fingerprint density at radius 3 is 2.39 bits per heavy atom. The zero-order chi connectivity index (χ0) is 16.6. The Balaban J connectivity index is 2.10. The molecule has 0 spiro atoms. The van der Waals surface area contributed by atoms with Gasteiger partial charge in [-0.25, -0.2) is 0 Å². The summed E-state index contributed by atoms with van der Waals surface area (Å²) in [5.41, 5.74) is -0.00710. The molecule has 1 aromatic carbocycles. The Morgan fingerprint density at radius 2 is 1.74 bits per heavy atom. The van der Waals surface area contributed by atoms with Gasteiger partial charge in [-0.3, -0.25) is 0 Å². The minimum atomic E-state index is -1.65. The maximum atomic E-state index is 14.0. The van der Waals surface area contributed by atoms with Crippen molar-refractivity contribution in [2.24, 2.45) is 0 Å². The summed E-state index contributed by atoms with van der Waals surface area (Å²) in [7, 11) is 1.49. The smallest absolute Gasteiger partial charge is 0.253 e. The third-order valence-electron chi connectivity index (χ3n) is 4.01. The van der Waals surface area contributed by atoms with Crippen molar-refractivity contribution < 1.29 is 22.3 Å². The molecule has 122 valence electrons. The minimum absolute atomic E-state index is 0.277. The molecule has 2 aromatic rings. The van der Waals surface area contributed by atoms with Crippen molar-refractivity contribution in [3.05, 3.63) is 53.4 Å². The van der Waals surface area contributed by atoms with Crippen LogP contribution in [0.4, 0.5) is 23.2 Å². The Labute approximate surface area is 130 Å². The molecule has 1 unspecified atom stereocenters. The van der Waals surface area contributed by atoms with E-state index in [1.807, 2.05) is 0 Å². The lowest BCUT2D eigenvalue weighted by molar-refractivity contribution is 0.398. The fourth-order valence-electron chi connectivity index (χ4n) is 3.03. The van der Waals surface area contributed by atoms with E-state index in [-0.39, 0.29) is 6.54 Å². The molecule has 3 nitrogen and oxygen atoms in total. The molecule has 7 heteroatoms. The number of pyridine rings is 1. The molecule has 1 saturated heterocycles. The fraction of sp³-hybridized carbons (Fsp3) is 0.312. The molecule has 0 amide bonds. The van der Waals surface area contributed by atoms with Gasteiger partial charge < -0.3 is 9.64 Å². The van der Waals surface area contributed by atoms with Crippen molar-refractivity contribution in [2.75, 3.05) is 18.6 Å². The standard InChI is InChI=1S/C16H14F4N2O/c1-23-11-7-3-2-5-9(11)10-6-4-8-22(10)14-12(17)15(19)21-16(20)13(14)18/h2-3,5,7,10H,4,6,8H2,1H3. The summed E-state index contributed by atoms with van der Waals surface area (Å²) in [6.07, 6.45) is 1.22. The molecule has 1 aliphatic rings. The number of aromatic nitrogens is 1. The van der Waals surface area contributed by atoms with Crippen molar-refractivity contribution in [1.29, 1.82) is 0 Å². The van der Waals surface area contributed by atoms with Crippen LogP contribution in [-0.4, -0.2) is 18.6 Å². The second-order valence-electron chi connectivity index (χ2n) is 5.26. The molecule has 23 heavy (non-hydrogen) atoms. The van der Waals surface area contributed by atoms with Crippen molar-refractivity contribution in [3.63, 3.8) is 0 Å². The van der Waals surface area contributed by atoms with Gasteiger partial charge in [0, 0.05) is 12.1 Å². The summed E-state index contributed by atoms with van der Waals surface area (Å²) in [5, 5.41) is 0. The summed E-state index contributed by atoms with van der Waals surface area (Å²) in [6.45, 7) is 0.277. The topological polar surface area (TPSA) is 25.4 Å². The molecule has 1 atom stereocenters. The number of hydrogen-bond acceptors (Lipinski definition) is 3. The van der Waals surface area contributed by atoms with Crippen molar-refractivity contribution in [1.82, 2.24) is 4.98 Å². The molecule has 2 heterocycles. The number of para-hydroxylation sites is 1. The Hall–Kier alpha value is -2.31. The third-order valence-corrected chi connectivity index (χ3v) is 4.01. The number of benzene rings is 1. The summed E-state index contributed by atoms with van der Waals surface area (Å²) >= 11 is 0. The van der Waals surface area contributed by atoms with Crippen molar-refractivity contribution in [3.8, 4) is 5.75 Å². The van der Waals surface area contributed by atoms with Gasteiger partial charge in [0.05, 0.1) is 13.2 Å². The second-order valence-corrected chi connectivity index (χ2v) is 5.26. The number of nitrogens with zero attached hydrogens (tertiary/aromatic N) is 2.